The molecule has 0 spiro atoms. The smallest absolute Gasteiger partial charge is 0.255 e. The van der Waals surface area contributed by atoms with E-state index in [9.17, 15) is 13.2 Å². The molecular weight excluding hydrogens is 629 g/mol. The second-order valence-electron chi connectivity index (χ2n) is 14.7. The highest BCUT2D eigenvalue weighted by Gasteiger charge is 2.29. The van der Waals surface area contributed by atoms with Gasteiger partial charge in [-0.2, -0.15) is 5.10 Å². The molecule has 0 bridgehead atoms. The number of aryl methyl sites for hydroxylation is 1. The number of rotatable bonds is 9. The van der Waals surface area contributed by atoms with E-state index in [1.165, 1.54) is 12.1 Å². The molecule has 0 unspecified atom stereocenters. The number of hydrogen-bond acceptors (Lipinski definition) is 9. The lowest BCUT2D eigenvalue weighted by Gasteiger charge is -2.41. The Hall–Kier alpha value is -4.07. The maximum atomic E-state index is 13.6. The highest BCUT2D eigenvalue weighted by molar-refractivity contribution is 7.92. The number of amides is 1. The highest BCUT2D eigenvalue weighted by Crippen LogP contribution is 2.39. The Morgan fingerprint density at radius 3 is 2.25 bits per heavy atom. The van der Waals surface area contributed by atoms with E-state index in [0.29, 0.717) is 28.7 Å². The zero-order chi connectivity index (χ0) is 35.8. The lowest BCUT2D eigenvalue weighted by atomic mass is 9.86. The molecule has 1 amide bonds. The molecule has 3 aromatic rings. The zero-order valence-corrected chi connectivity index (χ0v) is 30.7. The van der Waals surface area contributed by atoms with Crippen molar-refractivity contribution in [3.8, 4) is 5.75 Å². The second-order valence-corrected chi connectivity index (χ2v) is 16.4. The average Bonchev–Trinajstić information content (AvgIpc) is 3.36. The first-order valence-corrected chi connectivity index (χ1v) is 18.0. The monoisotopic (exact) mass is 680 g/mol. The number of nitrogens with two attached hydrogens (primary N) is 2. The molecule has 1 aliphatic rings. The van der Waals surface area contributed by atoms with Crippen molar-refractivity contribution in [2.24, 2.45) is 11.6 Å². The molecule has 262 valence electrons. The van der Waals surface area contributed by atoms with Gasteiger partial charge < -0.3 is 15.8 Å². The predicted octanol–water partition coefficient (Wildman–Crippen LogP) is 5.50. The first-order chi connectivity index (χ1) is 22.2. The zero-order valence-electron chi connectivity index (χ0n) is 29.9. The molecule has 13 heteroatoms. The first kappa shape index (κ1) is 36.8. The molecule has 12 nitrogen and oxygen atoms in total. The quantitative estimate of drug-likeness (QED) is 0.169. The van der Waals surface area contributed by atoms with E-state index in [2.05, 4.69) is 40.4 Å². The summed E-state index contributed by atoms with van der Waals surface area (Å²) in [5.41, 5.74) is 11.7. The molecular formula is C35H52N8O4S. The number of aromatic nitrogens is 2. The molecule has 1 fully saturated rings. The van der Waals surface area contributed by atoms with Gasteiger partial charge in [0, 0.05) is 41.6 Å². The Morgan fingerprint density at radius 2 is 1.69 bits per heavy atom. The second kappa shape index (κ2) is 13.8. The van der Waals surface area contributed by atoms with Gasteiger partial charge in [-0.05, 0) is 88.3 Å². The fourth-order valence-electron chi connectivity index (χ4n) is 6.02. The summed E-state index contributed by atoms with van der Waals surface area (Å²) < 4.78 is 34.4. The van der Waals surface area contributed by atoms with Crippen molar-refractivity contribution < 1.29 is 17.9 Å². The van der Waals surface area contributed by atoms with E-state index in [1.54, 1.807) is 42.7 Å². The van der Waals surface area contributed by atoms with Crippen LogP contribution in [0.15, 0.2) is 42.7 Å². The standard InChI is InChI=1S/C35H52N8O4S/c1-22-11-12-24(33(44)39-29-18-25(34(3,4)5)19-30(32(29)47-9)40-48(10,45)46)17-31(22)42(37)21-28(36)27-20-38-43(23(27)2)26-13-15-41(16-14-26)35(6,7)8/h11-12,17-21,26,40H,13-16,36-37H2,1-10H3,(H,39,44)/b28-21-. The van der Waals surface area contributed by atoms with Crippen molar-refractivity contribution in [1.82, 2.24) is 14.7 Å². The molecule has 2 heterocycles. The summed E-state index contributed by atoms with van der Waals surface area (Å²) in [6.07, 6.45) is 6.52. The number of nitrogens with zero attached hydrogens (tertiary/aromatic N) is 4. The van der Waals surface area contributed by atoms with Gasteiger partial charge >= 0.3 is 0 Å². The van der Waals surface area contributed by atoms with Gasteiger partial charge in [-0.1, -0.05) is 26.8 Å². The van der Waals surface area contributed by atoms with Crippen LogP contribution in [0.25, 0.3) is 5.70 Å². The van der Waals surface area contributed by atoms with Crippen molar-refractivity contribution in [3.63, 3.8) is 0 Å². The topological polar surface area (TPSA) is 161 Å². The minimum atomic E-state index is -3.62. The molecule has 48 heavy (non-hydrogen) atoms. The predicted molar refractivity (Wildman–Crippen MR) is 195 cm³/mol. The molecule has 0 radical (unpaired) electrons. The summed E-state index contributed by atoms with van der Waals surface area (Å²) in [4.78, 5) is 16.1. The molecule has 4 rings (SSSR count). The van der Waals surface area contributed by atoms with E-state index in [1.807, 2.05) is 34.6 Å². The van der Waals surface area contributed by atoms with E-state index in [-0.39, 0.29) is 22.4 Å². The Kier molecular flexibility index (Phi) is 10.6. The third-order valence-corrected chi connectivity index (χ3v) is 9.44. The number of benzene rings is 2. The summed E-state index contributed by atoms with van der Waals surface area (Å²) in [6, 6.07) is 8.99. The fourth-order valence-corrected chi connectivity index (χ4v) is 6.57. The number of likely N-dealkylation sites (tertiary alicyclic amines) is 1. The van der Waals surface area contributed by atoms with Crippen molar-refractivity contribution in [3.05, 3.63) is 70.7 Å². The number of nitrogens with one attached hydrogen (secondary N) is 2. The lowest BCUT2D eigenvalue weighted by molar-refractivity contribution is 0.0865. The number of sulfonamides is 1. The number of carbonyl (C=O) groups excluding carboxylic acids is 1. The molecule has 1 saturated heterocycles. The third-order valence-electron chi connectivity index (χ3n) is 8.85. The van der Waals surface area contributed by atoms with E-state index in [0.717, 1.165) is 54.6 Å². The van der Waals surface area contributed by atoms with Gasteiger partial charge in [-0.3, -0.25) is 24.1 Å². The van der Waals surface area contributed by atoms with Gasteiger partial charge in [0.25, 0.3) is 5.91 Å². The summed E-state index contributed by atoms with van der Waals surface area (Å²) in [5.74, 6) is 6.30. The van der Waals surface area contributed by atoms with Crippen LogP contribution in [0.5, 0.6) is 5.75 Å². The van der Waals surface area contributed by atoms with Crippen LogP contribution in [0.3, 0.4) is 0 Å². The van der Waals surface area contributed by atoms with Gasteiger partial charge in [-0.25, -0.2) is 14.3 Å². The number of methoxy groups -OCH3 is 1. The van der Waals surface area contributed by atoms with Crippen LogP contribution in [0.1, 0.15) is 93.2 Å². The summed E-state index contributed by atoms with van der Waals surface area (Å²) in [6.45, 7) is 18.7. The first-order valence-electron chi connectivity index (χ1n) is 16.1. The average molecular weight is 681 g/mol. The molecule has 1 aliphatic heterocycles. The SMILES string of the molecule is COc1c(NC(=O)c2ccc(C)c(N(N)/C=C(\N)c3cnn(C4CCN(C(C)(C)C)CC4)c3C)c2)cc(C(C)(C)C)cc1NS(C)(=O)=O. The van der Waals surface area contributed by atoms with Gasteiger partial charge in [-0.15, -0.1) is 0 Å². The largest absolute Gasteiger partial charge is 0.492 e. The molecule has 0 saturated carbocycles. The number of piperidine rings is 1. The Labute approximate surface area is 285 Å². The number of carbonyl (C=O) groups is 1. The van der Waals surface area contributed by atoms with E-state index >= 15 is 0 Å². The minimum absolute atomic E-state index is 0.147. The van der Waals surface area contributed by atoms with Crippen LogP contribution in [0.2, 0.25) is 0 Å². The molecule has 1 aromatic heterocycles. The van der Waals surface area contributed by atoms with Crippen LogP contribution in [-0.4, -0.2) is 61.0 Å². The van der Waals surface area contributed by atoms with Crippen molar-refractivity contribution in [2.45, 2.75) is 85.2 Å². The number of ether oxygens (including phenoxy) is 1. The van der Waals surface area contributed by atoms with E-state index < -0.39 is 15.9 Å². The number of anilines is 3. The summed E-state index contributed by atoms with van der Waals surface area (Å²) in [5, 5.41) is 9.02. The van der Waals surface area contributed by atoms with Crippen molar-refractivity contribution in [2.75, 3.05) is 41.5 Å². The Bertz CT molecular complexity index is 1790. The Morgan fingerprint density at radius 1 is 1.06 bits per heavy atom. The molecule has 0 aliphatic carbocycles. The van der Waals surface area contributed by atoms with Gasteiger partial charge in [0.2, 0.25) is 10.0 Å². The summed E-state index contributed by atoms with van der Waals surface area (Å²) >= 11 is 0. The lowest BCUT2D eigenvalue weighted by Crippen LogP contribution is -2.46. The third kappa shape index (κ3) is 8.50. The molecule has 0 atom stereocenters. The van der Waals surface area contributed by atoms with Gasteiger partial charge in [0.05, 0.1) is 48.4 Å². The van der Waals surface area contributed by atoms with Crippen LogP contribution in [0, 0.1) is 13.8 Å². The van der Waals surface area contributed by atoms with Crippen LogP contribution < -0.4 is 31.4 Å². The molecule has 6 N–H and O–H groups in total. The normalized spacial score (nSPS) is 15.4. The van der Waals surface area contributed by atoms with Gasteiger partial charge in [0.15, 0.2) is 5.75 Å². The fraction of sp³-hybridized carbons (Fsp3) is 0.486. The van der Waals surface area contributed by atoms with Crippen LogP contribution >= 0.6 is 0 Å². The van der Waals surface area contributed by atoms with Crippen LogP contribution in [-0.2, 0) is 15.4 Å². The van der Waals surface area contributed by atoms with Gasteiger partial charge in [0.1, 0.15) is 0 Å². The number of hydrogen-bond donors (Lipinski definition) is 4. The van der Waals surface area contributed by atoms with Crippen molar-refractivity contribution in [1.29, 1.82) is 0 Å². The Balaban J connectivity index is 1.58. The molecule has 2 aromatic carbocycles. The van der Waals surface area contributed by atoms with E-state index in [4.69, 9.17) is 21.4 Å². The number of hydrazine groups is 1. The van der Waals surface area contributed by atoms with Crippen LogP contribution in [0.4, 0.5) is 17.1 Å². The summed E-state index contributed by atoms with van der Waals surface area (Å²) in [7, 11) is -2.20. The highest BCUT2D eigenvalue weighted by atomic mass is 32.2. The van der Waals surface area contributed by atoms with Crippen molar-refractivity contribution >= 4 is 38.7 Å². The minimum Gasteiger partial charge on any atom is -0.492 e. The maximum absolute atomic E-state index is 13.6. The maximum Gasteiger partial charge on any atom is 0.255 e.